The predicted molar refractivity (Wildman–Crippen MR) is 83.7 cm³/mol. The Bertz CT molecular complexity index is 563. The zero-order chi connectivity index (χ0) is 13.2. The average molecular weight is 337 g/mol. The van der Waals surface area contributed by atoms with E-state index in [0.29, 0.717) is 5.92 Å². The molecule has 1 aromatic carbocycles. The molecule has 0 aliphatic heterocycles. The number of rotatable bonds is 3. The minimum Gasteiger partial charge on any atom is -0.392 e. The number of aryl methyl sites for hydroxylation is 1. The molecule has 0 amide bonds. The van der Waals surface area contributed by atoms with Crippen molar-refractivity contribution in [2.45, 2.75) is 31.8 Å². The van der Waals surface area contributed by atoms with Gasteiger partial charge in [-0.05, 0) is 63.7 Å². The van der Waals surface area contributed by atoms with Crippen molar-refractivity contribution in [1.82, 2.24) is 0 Å². The molecule has 1 aromatic heterocycles. The van der Waals surface area contributed by atoms with Gasteiger partial charge in [-0.2, -0.15) is 0 Å². The third-order valence-electron chi connectivity index (χ3n) is 4.01. The first-order valence-corrected chi connectivity index (χ1v) is 8.38. The third kappa shape index (κ3) is 2.93. The van der Waals surface area contributed by atoms with Crippen LogP contribution in [-0.2, 0) is 19.3 Å². The van der Waals surface area contributed by atoms with E-state index in [9.17, 15) is 5.11 Å². The molecule has 100 valence electrons. The number of aliphatic hydroxyl groups excluding tert-OH is 1. The summed E-state index contributed by atoms with van der Waals surface area (Å²) < 4.78 is 1.13. The predicted octanol–water partition coefficient (Wildman–Crippen LogP) is 4.22. The van der Waals surface area contributed by atoms with Crippen molar-refractivity contribution in [1.29, 1.82) is 0 Å². The highest BCUT2D eigenvalue weighted by Crippen LogP contribution is 2.31. The van der Waals surface area contributed by atoms with Crippen molar-refractivity contribution in [2.75, 3.05) is 0 Å². The summed E-state index contributed by atoms with van der Waals surface area (Å²) >= 11 is 5.26. The number of halogens is 1. The van der Waals surface area contributed by atoms with Crippen LogP contribution < -0.4 is 0 Å². The molecule has 1 aliphatic carbocycles. The number of aliphatic hydroxyl groups is 1. The molecular formula is C16H17BrOS. The van der Waals surface area contributed by atoms with Gasteiger partial charge in [-0.3, -0.25) is 0 Å². The van der Waals surface area contributed by atoms with E-state index in [4.69, 9.17) is 0 Å². The summed E-state index contributed by atoms with van der Waals surface area (Å²) in [6.07, 6.45) is 3.75. The molecule has 1 aliphatic rings. The first kappa shape index (κ1) is 13.3. The summed E-state index contributed by atoms with van der Waals surface area (Å²) in [4.78, 5) is 1.26. The van der Waals surface area contributed by atoms with Gasteiger partial charge in [-0.15, -0.1) is 11.3 Å². The molecule has 1 nitrogen and oxygen atoms in total. The van der Waals surface area contributed by atoms with Crippen molar-refractivity contribution >= 4 is 27.3 Å². The molecule has 3 rings (SSSR count). The average Bonchev–Trinajstić information content (AvgIpc) is 2.84. The Kier molecular flexibility index (Phi) is 4.06. The maximum Gasteiger partial charge on any atom is 0.0620 e. The molecule has 2 unspecified atom stereocenters. The van der Waals surface area contributed by atoms with Gasteiger partial charge >= 0.3 is 0 Å². The third-order valence-corrected chi connectivity index (χ3v) is 5.96. The maximum absolute atomic E-state index is 10.5. The summed E-state index contributed by atoms with van der Waals surface area (Å²) in [5.41, 5.74) is 2.88. The number of hydrogen-bond acceptors (Lipinski definition) is 2. The largest absolute Gasteiger partial charge is 0.392 e. The monoisotopic (exact) mass is 336 g/mol. The quantitative estimate of drug-likeness (QED) is 0.889. The Morgan fingerprint density at radius 3 is 2.79 bits per heavy atom. The lowest BCUT2D eigenvalue weighted by Crippen LogP contribution is -2.28. The fourth-order valence-electron chi connectivity index (χ4n) is 2.88. The maximum atomic E-state index is 10.5. The molecule has 3 heteroatoms. The normalized spacial score (nSPS) is 20.0. The Morgan fingerprint density at radius 2 is 2.05 bits per heavy atom. The lowest BCUT2D eigenvalue weighted by atomic mass is 9.80. The molecule has 0 radical (unpaired) electrons. The summed E-state index contributed by atoms with van der Waals surface area (Å²) in [7, 11) is 0. The van der Waals surface area contributed by atoms with Gasteiger partial charge in [-0.25, -0.2) is 0 Å². The van der Waals surface area contributed by atoms with E-state index >= 15 is 0 Å². The van der Waals surface area contributed by atoms with E-state index in [1.54, 1.807) is 11.3 Å². The summed E-state index contributed by atoms with van der Waals surface area (Å²) in [6, 6.07) is 10.7. The summed E-state index contributed by atoms with van der Waals surface area (Å²) in [5.74, 6) is 0.393. The van der Waals surface area contributed by atoms with Crippen LogP contribution in [0.3, 0.4) is 0 Å². The lowest BCUT2D eigenvalue weighted by Gasteiger charge is -2.28. The number of thiophene rings is 1. The van der Waals surface area contributed by atoms with Crippen LogP contribution in [-0.4, -0.2) is 11.2 Å². The van der Waals surface area contributed by atoms with Crippen LogP contribution >= 0.6 is 27.3 Å². The number of fused-ring (bicyclic) bond motifs is 1. The zero-order valence-corrected chi connectivity index (χ0v) is 13.1. The van der Waals surface area contributed by atoms with Crippen molar-refractivity contribution in [3.05, 3.63) is 56.2 Å². The van der Waals surface area contributed by atoms with Gasteiger partial charge < -0.3 is 5.11 Å². The molecule has 0 fully saturated rings. The molecule has 1 heterocycles. The standard InChI is InChI=1S/C16H17BrOS/c17-14-7-8-19-16(14)10-15(18)13-6-5-11-3-1-2-4-12(11)9-13/h1-4,7-8,13,15,18H,5-6,9-10H2. The minimum absolute atomic E-state index is 0.233. The van der Waals surface area contributed by atoms with Crippen LogP contribution in [0.4, 0.5) is 0 Å². The topological polar surface area (TPSA) is 20.2 Å². The second kappa shape index (κ2) is 5.78. The van der Waals surface area contributed by atoms with Crippen molar-refractivity contribution in [3.63, 3.8) is 0 Å². The fraction of sp³-hybridized carbons (Fsp3) is 0.375. The second-order valence-corrected chi connectivity index (χ2v) is 7.09. The molecule has 1 N–H and O–H groups in total. The second-order valence-electron chi connectivity index (χ2n) is 5.23. The molecule has 0 spiro atoms. The van der Waals surface area contributed by atoms with Gasteiger partial charge in [0.05, 0.1) is 6.10 Å². The van der Waals surface area contributed by atoms with Gasteiger partial charge in [-0.1, -0.05) is 24.3 Å². The van der Waals surface area contributed by atoms with Gasteiger partial charge in [0.1, 0.15) is 0 Å². The van der Waals surface area contributed by atoms with Gasteiger partial charge in [0.15, 0.2) is 0 Å². The van der Waals surface area contributed by atoms with Crippen LogP contribution in [0.15, 0.2) is 40.2 Å². The zero-order valence-electron chi connectivity index (χ0n) is 10.7. The van der Waals surface area contributed by atoms with Crippen LogP contribution in [0.2, 0.25) is 0 Å². The van der Waals surface area contributed by atoms with Crippen LogP contribution in [0.5, 0.6) is 0 Å². The van der Waals surface area contributed by atoms with E-state index in [0.717, 1.165) is 30.2 Å². The van der Waals surface area contributed by atoms with Crippen LogP contribution in [0, 0.1) is 5.92 Å². The van der Waals surface area contributed by atoms with Crippen LogP contribution in [0.25, 0.3) is 0 Å². The highest BCUT2D eigenvalue weighted by atomic mass is 79.9. The Labute approximate surface area is 126 Å². The van der Waals surface area contributed by atoms with Crippen LogP contribution in [0.1, 0.15) is 22.4 Å². The molecule has 2 atom stereocenters. The number of benzene rings is 1. The van der Waals surface area contributed by atoms with Crippen molar-refractivity contribution in [2.24, 2.45) is 5.92 Å². The van der Waals surface area contributed by atoms with E-state index in [1.165, 1.54) is 16.0 Å². The van der Waals surface area contributed by atoms with Crippen molar-refractivity contribution in [3.8, 4) is 0 Å². The molecular weight excluding hydrogens is 320 g/mol. The van der Waals surface area contributed by atoms with E-state index in [2.05, 4.69) is 51.6 Å². The molecule has 0 saturated heterocycles. The molecule has 0 bridgehead atoms. The molecule has 19 heavy (non-hydrogen) atoms. The Balaban J connectivity index is 1.69. The Morgan fingerprint density at radius 1 is 1.26 bits per heavy atom. The lowest BCUT2D eigenvalue weighted by molar-refractivity contribution is 0.0999. The fourth-order valence-corrected chi connectivity index (χ4v) is 4.45. The summed E-state index contributed by atoms with van der Waals surface area (Å²) in [6.45, 7) is 0. The minimum atomic E-state index is -0.233. The first-order valence-electron chi connectivity index (χ1n) is 6.71. The van der Waals surface area contributed by atoms with Gasteiger partial charge in [0.2, 0.25) is 0 Å². The first-order chi connectivity index (χ1) is 9.24. The van der Waals surface area contributed by atoms with E-state index < -0.39 is 0 Å². The highest BCUT2D eigenvalue weighted by molar-refractivity contribution is 9.10. The molecule has 2 aromatic rings. The SMILES string of the molecule is OC(Cc1sccc1Br)C1CCc2ccccc2C1. The highest BCUT2D eigenvalue weighted by Gasteiger charge is 2.25. The smallest absolute Gasteiger partial charge is 0.0620 e. The van der Waals surface area contributed by atoms with Gasteiger partial charge in [0, 0.05) is 15.8 Å². The number of hydrogen-bond donors (Lipinski definition) is 1. The van der Waals surface area contributed by atoms with Gasteiger partial charge in [0.25, 0.3) is 0 Å². The molecule has 0 saturated carbocycles. The Hall–Kier alpha value is -0.640. The van der Waals surface area contributed by atoms with E-state index in [-0.39, 0.29) is 6.10 Å². The van der Waals surface area contributed by atoms with Crippen molar-refractivity contribution < 1.29 is 5.11 Å². The van der Waals surface area contributed by atoms with E-state index in [1.807, 2.05) is 0 Å². The summed E-state index contributed by atoms with van der Waals surface area (Å²) in [5, 5.41) is 12.6.